The average Bonchev–Trinajstić information content (AvgIpc) is 2.30. The maximum absolute atomic E-state index is 10.4. The number of phenolic OH excluding ortho intramolecular Hbond substituents is 1. The highest BCUT2D eigenvalue weighted by molar-refractivity contribution is 5.73. The van der Waals surface area contributed by atoms with E-state index in [9.17, 15) is 4.79 Å². The van der Waals surface area contributed by atoms with Gasteiger partial charge in [0.15, 0.2) is 12.1 Å². The number of hydrogen-bond donors (Lipinski definition) is 1. The zero-order chi connectivity index (χ0) is 10.7. The van der Waals surface area contributed by atoms with Crippen molar-refractivity contribution in [2.24, 2.45) is 0 Å². The Morgan fingerprint density at radius 1 is 1.07 bits per heavy atom. The predicted octanol–water partition coefficient (Wildman–Crippen LogP) is 1.66. The number of aldehydes is 1. The summed E-state index contributed by atoms with van der Waals surface area (Å²) in [5.41, 5.74) is 1.24. The lowest BCUT2D eigenvalue weighted by molar-refractivity contribution is 0.112. The summed E-state index contributed by atoms with van der Waals surface area (Å²) in [6, 6.07) is 6.55. The van der Waals surface area contributed by atoms with Gasteiger partial charge in [0.05, 0.1) is 5.56 Å². The van der Waals surface area contributed by atoms with Crippen LogP contribution in [0.4, 0.5) is 0 Å². The largest absolute Gasteiger partial charge is 0.508 e. The van der Waals surface area contributed by atoms with Crippen LogP contribution in [0.3, 0.4) is 0 Å². The van der Waals surface area contributed by atoms with Crippen molar-refractivity contribution < 1.29 is 9.90 Å². The van der Waals surface area contributed by atoms with Crippen molar-refractivity contribution in [1.82, 2.24) is 9.97 Å². The highest BCUT2D eigenvalue weighted by Crippen LogP contribution is 2.17. The van der Waals surface area contributed by atoms with E-state index in [1.807, 2.05) is 0 Å². The van der Waals surface area contributed by atoms with Crippen LogP contribution in [0.5, 0.6) is 5.75 Å². The lowest BCUT2D eigenvalue weighted by Gasteiger charge is -1.99. The molecule has 1 N–H and O–H groups in total. The molecule has 0 aliphatic rings. The molecule has 4 heteroatoms. The molecule has 0 bridgehead atoms. The number of rotatable bonds is 2. The van der Waals surface area contributed by atoms with Crippen LogP contribution in [0.25, 0.3) is 11.4 Å². The SMILES string of the molecule is O=Cc1cnc(-c2ccc(O)cc2)nc1. The zero-order valence-corrected chi connectivity index (χ0v) is 7.79. The van der Waals surface area contributed by atoms with Crippen molar-refractivity contribution in [3.8, 4) is 17.1 Å². The molecule has 1 aromatic heterocycles. The molecule has 1 heterocycles. The number of phenols is 1. The van der Waals surface area contributed by atoms with Crippen LogP contribution in [0.15, 0.2) is 36.7 Å². The molecule has 0 unspecified atom stereocenters. The number of hydrogen-bond acceptors (Lipinski definition) is 4. The Labute approximate surface area is 86.2 Å². The summed E-state index contributed by atoms with van der Waals surface area (Å²) in [4.78, 5) is 18.4. The van der Waals surface area contributed by atoms with Gasteiger partial charge in [-0.15, -0.1) is 0 Å². The van der Waals surface area contributed by atoms with Gasteiger partial charge >= 0.3 is 0 Å². The van der Waals surface area contributed by atoms with Gasteiger partial charge in [0.2, 0.25) is 0 Å². The fourth-order valence-electron chi connectivity index (χ4n) is 1.16. The van der Waals surface area contributed by atoms with Crippen molar-refractivity contribution in [3.05, 3.63) is 42.2 Å². The number of carbonyl (C=O) groups is 1. The molecular formula is C11H8N2O2. The van der Waals surface area contributed by atoms with Gasteiger partial charge in [-0.3, -0.25) is 4.79 Å². The predicted molar refractivity (Wildman–Crippen MR) is 54.5 cm³/mol. The Kier molecular flexibility index (Phi) is 2.41. The highest BCUT2D eigenvalue weighted by Gasteiger charge is 2.00. The van der Waals surface area contributed by atoms with E-state index in [1.165, 1.54) is 12.4 Å². The monoisotopic (exact) mass is 200 g/mol. The number of benzene rings is 1. The third-order valence-electron chi connectivity index (χ3n) is 1.93. The standard InChI is InChI=1S/C11H8N2O2/c14-7-8-5-12-11(13-6-8)9-1-3-10(15)4-2-9/h1-7,15H. The van der Waals surface area contributed by atoms with Crippen LogP contribution in [0.2, 0.25) is 0 Å². The summed E-state index contributed by atoms with van der Waals surface area (Å²) >= 11 is 0. The van der Waals surface area contributed by atoms with Crippen molar-refractivity contribution in [2.45, 2.75) is 0 Å². The summed E-state index contributed by atoms with van der Waals surface area (Å²) < 4.78 is 0. The molecule has 0 saturated heterocycles. The molecule has 2 aromatic rings. The van der Waals surface area contributed by atoms with Gasteiger partial charge in [-0.1, -0.05) is 0 Å². The van der Waals surface area contributed by atoms with Crippen LogP contribution in [-0.4, -0.2) is 21.4 Å². The molecule has 0 amide bonds. The first-order chi connectivity index (χ1) is 7.29. The molecule has 0 aliphatic heterocycles. The Morgan fingerprint density at radius 3 is 2.20 bits per heavy atom. The molecule has 0 fully saturated rings. The molecule has 0 radical (unpaired) electrons. The van der Waals surface area contributed by atoms with E-state index in [2.05, 4.69) is 9.97 Å². The smallest absolute Gasteiger partial charge is 0.159 e. The maximum atomic E-state index is 10.4. The van der Waals surface area contributed by atoms with Crippen LogP contribution in [0.1, 0.15) is 10.4 Å². The Balaban J connectivity index is 2.37. The van der Waals surface area contributed by atoms with Crippen molar-refractivity contribution >= 4 is 6.29 Å². The van der Waals surface area contributed by atoms with Gasteiger partial charge in [0.1, 0.15) is 5.75 Å². The third kappa shape index (κ3) is 1.99. The Hall–Kier alpha value is -2.23. The fourth-order valence-corrected chi connectivity index (χ4v) is 1.16. The molecule has 1 aromatic carbocycles. The second-order valence-electron chi connectivity index (χ2n) is 3.00. The number of nitrogens with zero attached hydrogens (tertiary/aromatic N) is 2. The molecular weight excluding hydrogens is 192 g/mol. The van der Waals surface area contributed by atoms with Gasteiger partial charge in [-0.25, -0.2) is 9.97 Å². The maximum Gasteiger partial charge on any atom is 0.159 e. The van der Waals surface area contributed by atoms with Crippen LogP contribution in [-0.2, 0) is 0 Å². The summed E-state index contributed by atoms with van der Waals surface area (Å²) in [6.07, 6.45) is 3.62. The van der Waals surface area contributed by atoms with Gasteiger partial charge in [0.25, 0.3) is 0 Å². The minimum Gasteiger partial charge on any atom is -0.508 e. The zero-order valence-electron chi connectivity index (χ0n) is 7.79. The third-order valence-corrected chi connectivity index (χ3v) is 1.93. The first-order valence-corrected chi connectivity index (χ1v) is 4.36. The fraction of sp³-hybridized carbons (Fsp3) is 0. The summed E-state index contributed by atoms with van der Waals surface area (Å²) in [6.45, 7) is 0. The first kappa shape index (κ1) is 9.33. The van der Waals surface area contributed by atoms with Crippen molar-refractivity contribution in [2.75, 3.05) is 0 Å². The second kappa shape index (κ2) is 3.88. The second-order valence-corrected chi connectivity index (χ2v) is 3.00. The van der Waals surface area contributed by atoms with Gasteiger partial charge in [-0.2, -0.15) is 0 Å². The normalized spacial score (nSPS) is 9.87. The van der Waals surface area contributed by atoms with E-state index >= 15 is 0 Å². The minimum atomic E-state index is 0.197. The quantitative estimate of drug-likeness (QED) is 0.749. The van der Waals surface area contributed by atoms with E-state index in [1.54, 1.807) is 24.3 Å². The number of aromatic nitrogens is 2. The van der Waals surface area contributed by atoms with E-state index in [-0.39, 0.29) is 5.75 Å². The summed E-state index contributed by atoms with van der Waals surface area (Å²) in [5.74, 6) is 0.726. The number of carbonyl (C=O) groups excluding carboxylic acids is 1. The molecule has 0 spiro atoms. The lowest BCUT2D eigenvalue weighted by Crippen LogP contribution is -1.90. The first-order valence-electron chi connectivity index (χ1n) is 4.36. The van der Waals surface area contributed by atoms with Crippen molar-refractivity contribution in [3.63, 3.8) is 0 Å². The molecule has 2 rings (SSSR count). The van der Waals surface area contributed by atoms with Crippen LogP contribution in [0, 0.1) is 0 Å². The lowest BCUT2D eigenvalue weighted by atomic mass is 10.2. The van der Waals surface area contributed by atoms with Crippen LogP contribution < -0.4 is 0 Å². The molecule has 15 heavy (non-hydrogen) atoms. The van der Waals surface area contributed by atoms with Crippen molar-refractivity contribution in [1.29, 1.82) is 0 Å². The van der Waals surface area contributed by atoms with E-state index < -0.39 is 0 Å². The topological polar surface area (TPSA) is 63.1 Å². The van der Waals surface area contributed by atoms with E-state index in [0.29, 0.717) is 17.7 Å². The van der Waals surface area contributed by atoms with Gasteiger partial charge in [0, 0.05) is 18.0 Å². The van der Waals surface area contributed by atoms with Crippen LogP contribution >= 0.6 is 0 Å². The summed E-state index contributed by atoms with van der Waals surface area (Å²) in [7, 11) is 0. The summed E-state index contributed by atoms with van der Waals surface area (Å²) in [5, 5.41) is 9.10. The molecule has 0 aliphatic carbocycles. The Bertz CT molecular complexity index is 463. The molecule has 0 atom stereocenters. The molecule has 74 valence electrons. The van der Waals surface area contributed by atoms with Gasteiger partial charge < -0.3 is 5.11 Å². The number of aromatic hydroxyl groups is 1. The van der Waals surface area contributed by atoms with E-state index in [4.69, 9.17) is 5.11 Å². The average molecular weight is 200 g/mol. The highest BCUT2D eigenvalue weighted by atomic mass is 16.3. The van der Waals surface area contributed by atoms with E-state index in [0.717, 1.165) is 5.56 Å². The molecule has 0 saturated carbocycles. The minimum absolute atomic E-state index is 0.197. The van der Waals surface area contributed by atoms with Gasteiger partial charge in [-0.05, 0) is 24.3 Å². The Morgan fingerprint density at radius 2 is 1.67 bits per heavy atom. The molecule has 4 nitrogen and oxygen atoms in total.